The van der Waals surface area contributed by atoms with Gasteiger partial charge in [0.15, 0.2) is 6.61 Å². The van der Waals surface area contributed by atoms with E-state index in [2.05, 4.69) is 5.16 Å². The standard InChI is InChI=1S/C23H29ClN2O6/c1-3-26(4-2)20(29)15-32-25-16-11-9-7-5-6-8-10-12-31-23(30)21-17(13-16)22(24)19(28)14-18(21)27/h6,8-9,11,14,27-28H,3-5,7,10,12-13,15H2,1-2H3/b8-6+,11-9+,25-16-. The van der Waals surface area contributed by atoms with Gasteiger partial charge in [0.05, 0.1) is 17.3 Å². The molecule has 0 bridgehead atoms. The summed E-state index contributed by atoms with van der Waals surface area (Å²) in [5.41, 5.74) is 0.373. The van der Waals surface area contributed by atoms with Gasteiger partial charge >= 0.3 is 5.97 Å². The van der Waals surface area contributed by atoms with Crippen molar-refractivity contribution < 1.29 is 29.4 Å². The molecule has 0 saturated carbocycles. The summed E-state index contributed by atoms with van der Waals surface area (Å²) in [6.07, 6.45) is 9.52. The number of fused-ring (bicyclic) bond motifs is 1. The number of rotatable bonds is 5. The Kier molecular flexibility index (Phi) is 10.1. The number of cyclic esters (lactones) is 1. The highest BCUT2D eigenvalue weighted by atomic mass is 35.5. The molecule has 0 spiro atoms. The molecule has 0 atom stereocenters. The number of amides is 1. The highest BCUT2D eigenvalue weighted by molar-refractivity contribution is 6.33. The average molecular weight is 465 g/mol. The van der Waals surface area contributed by atoms with Crippen LogP contribution in [0.5, 0.6) is 11.5 Å². The summed E-state index contributed by atoms with van der Waals surface area (Å²) in [4.78, 5) is 31.7. The minimum Gasteiger partial charge on any atom is -0.507 e. The van der Waals surface area contributed by atoms with Gasteiger partial charge in [-0.1, -0.05) is 35.0 Å². The lowest BCUT2D eigenvalue weighted by atomic mass is 9.99. The molecule has 1 heterocycles. The molecular formula is C23H29ClN2O6. The Morgan fingerprint density at radius 1 is 1.16 bits per heavy atom. The Bertz CT molecular complexity index is 906. The molecule has 1 aromatic carbocycles. The van der Waals surface area contributed by atoms with E-state index in [0.717, 1.165) is 18.9 Å². The van der Waals surface area contributed by atoms with E-state index in [1.807, 2.05) is 32.1 Å². The topological polar surface area (TPSA) is 109 Å². The molecule has 2 rings (SSSR count). The number of hydrogen-bond acceptors (Lipinski definition) is 7. The lowest BCUT2D eigenvalue weighted by Crippen LogP contribution is -2.33. The van der Waals surface area contributed by atoms with E-state index >= 15 is 0 Å². The quantitative estimate of drug-likeness (QED) is 0.387. The number of aromatic hydroxyl groups is 2. The number of allylic oxidation sites excluding steroid dienone is 3. The Morgan fingerprint density at radius 2 is 1.84 bits per heavy atom. The average Bonchev–Trinajstić information content (AvgIpc) is 2.76. The Hall–Kier alpha value is -3.00. The van der Waals surface area contributed by atoms with E-state index < -0.39 is 11.7 Å². The fourth-order valence-corrected chi connectivity index (χ4v) is 3.37. The minimum atomic E-state index is -0.759. The van der Waals surface area contributed by atoms with Crippen molar-refractivity contribution in [3.05, 3.63) is 46.5 Å². The van der Waals surface area contributed by atoms with E-state index in [9.17, 15) is 19.8 Å². The maximum absolute atomic E-state index is 12.6. The van der Waals surface area contributed by atoms with Crippen LogP contribution in [0.3, 0.4) is 0 Å². The molecule has 8 nitrogen and oxygen atoms in total. The van der Waals surface area contributed by atoms with Crippen LogP contribution in [0.4, 0.5) is 0 Å². The molecule has 0 unspecified atom stereocenters. The summed E-state index contributed by atoms with van der Waals surface area (Å²) >= 11 is 6.27. The first-order valence-electron chi connectivity index (χ1n) is 10.6. The molecule has 0 saturated heterocycles. The Balaban J connectivity index is 2.39. The van der Waals surface area contributed by atoms with Crippen molar-refractivity contribution >= 4 is 29.2 Å². The van der Waals surface area contributed by atoms with E-state index in [4.69, 9.17) is 21.2 Å². The smallest absolute Gasteiger partial charge is 0.342 e. The van der Waals surface area contributed by atoms with Gasteiger partial charge in [-0.05, 0) is 44.7 Å². The van der Waals surface area contributed by atoms with Crippen molar-refractivity contribution in [2.45, 2.75) is 39.5 Å². The summed E-state index contributed by atoms with van der Waals surface area (Å²) in [6, 6.07) is 0.997. The third-order valence-corrected chi connectivity index (χ3v) is 5.29. The zero-order valence-corrected chi connectivity index (χ0v) is 19.1. The van der Waals surface area contributed by atoms with Crippen molar-refractivity contribution in [2.75, 3.05) is 26.3 Å². The third kappa shape index (κ3) is 7.02. The van der Waals surface area contributed by atoms with Gasteiger partial charge < -0.3 is 24.7 Å². The van der Waals surface area contributed by atoms with Crippen LogP contribution in [-0.4, -0.2) is 59.0 Å². The summed E-state index contributed by atoms with van der Waals surface area (Å²) in [5.74, 6) is -1.78. The number of likely N-dealkylation sites (N-methyl/N-ethyl adjacent to an activating group) is 1. The molecule has 32 heavy (non-hydrogen) atoms. The van der Waals surface area contributed by atoms with Crippen LogP contribution in [0.1, 0.15) is 49.0 Å². The monoisotopic (exact) mass is 464 g/mol. The Labute approximate surface area is 192 Å². The molecule has 0 radical (unpaired) electrons. The number of hydrogen-bond donors (Lipinski definition) is 2. The van der Waals surface area contributed by atoms with Crippen molar-refractivity contribution in [3.8, 4) is 11.5 Å². The second-order valence-corrected chi connectivity index (χ2v) is 7.43. The molecule has 1 amide bonds. The predicted octanol–water partition coefficient (Wildman–Crippen LogP) is 3.99. The molecule has 9 heteroatoms. The van der Waals surface area contributed by atoms with Crippen molar-refractivity contribution in [2.24, 2.45) is 5.16 Å². The summed E-state index contributed by atoms with van der Waals surface area (Å²) in [6.45, 7) is 4.77. The minimum absolute atomic E-state index is 0.0307. The summed E-state index contributed by atoms with van der Waals surface area (Å²) < 4.78 is 5.26. The lowest BCUT2D eigenvalue weighted by molar-refractivity contribution is -0.135. The largest absolute Gasteiger partial charge is 0.507 e. The molecule has 2 N–H and O–H groups in total. The number of halogens is 1. The predicted molar refractivity (Wildman–Crippen MR) is 122 cm³/mol. The van der Waals surface area contributed by atoms with Crippen LogP contribution in [0, 0.1) is 0 Å². The number of nitrogens with zero attached hydrogens (tertiary/aromatic N) is 2. The summed E-state index contributed by atoms with van der Waals surface area (Å²) in [5, 5.41) is 24.3. The molecule has 1 aliphatic heterocycles. The van der Waals surface area contributed by atoms with Gasteiger partial charge in [0.2, 0.25) is 0 Å². The highest BCUT2D eigenvalue weighted by Gasteiger charge is 2.24. The number of phenolic OH excluding ortho intramolecular Hbond substituents is 2. The van der Waals surface area contributed by atoms with Gasteiger partial charge in [0.1, 0.15) is 17.1 Å². The first kappa shape index (κ1) is 25.3. The maximum Gasteiger partial charge on any atom is 0.342 e. The Morgan fingerprint density at radius 3 is 2.56 bits per heavy atom. The van der Waals surface area contributed by atoms with Gasteiger partial charge in [-0.15, -0.1) is 0 Å². The molecule has 0 aromatic heterocycles. The fraction of sp³-hybridized carbons (Fsp3) is 0.435. The molecule has 1 aromatic rings. The van der Waals surface area contributed by atoms with Crippen LogP contribution in [-0.2, 0) is 20.8 Å². The van der Waals surface area contributed by atoms with E-state index in [1.165, 1.54) is 0 Å². The highest BCUT2D eigenvalue weighted by Crippen LogP contribution is 2.37. The second-order valence-electron chi connectivity index (χ2n) is 7.06. The van der Waals surface area contributed by atoms with Crippen LogP contribution in [0.2, 0.25) is 5.02 Å². The number of phenols is 2. The maximum atomic E-state index is 12.6. The fourth-order valence-electron chi connectivity index (χ4n) is 3.16. The van der Waals surface area contributed by atoms with Gasteiger partial charge in [-0.2, -0.15) is 0 Å². The van der Waals surface area contributed by atoms with E-state index in [-0.39, 0.29) is 47.4 Å². The first-order valence-corrected chi connectivity index (χ1v) is 10.9. The number of carbonyl (C=O) groups excluding carboxylic acids is 2. The van der Waals surface area contributed by atoms with Gasteiger partial charge in [0, 0.05) is 25.6 Å². The van der Waals surface area contributed by atoms with Crippen LogP contribution < -0.4 is 0 Å². The molecule has 1 aliphatic rings. The SMILES string of the molecule is CCN(CC)C(=O)CO/N=C1/C=C/CC/C=C/CCOC(=O)c2c(O)cc(O)c(Cl)c2C1. The third-order valence-electron chi connectivity index (χ3n) is 4.86. The number of ether oxygens (including phenoxy) is 1. The number of benzene rings is 1. The van der Waals surface area contributed by atoms with Gasteiger partial charge in [-0.25, -0.2) is 4.79 Å². The van der Waals surface area contributed by atoms with Crippen LogP contribution >= 0.6 is 11.6 Å². The number of esters is 1. The van der Waals surface area contributed by atoms with Crippen molar-refractivity contribution in [3.63, 3.8) is 0 Å². The van der Waals surface area contributed by atoms with E-state index in [1.54, 1.807) is 11.0 Å². The molecule has 174 valence electrons. The summed E-state index contributed by atoms with van der Waals surface area (Å²) in [7, 11) is 0. The van der Waals surface area contributed by atoms with Gasteiger partial charge in [0.25, 0.3) is 5.91 Å². The second kappa shape index (κ2) is 12.8. The van der Waals surface area contributed by atoms with Crippen molar-refractivity contribution in [1.29, 1.82) is 0 Å². The lowest BCUT2D eigenvalue weighted by Gasteiger charge is -2.17. The first-order chi connectivity index (χ1) is 15.4. The zero-order valence-electron chi connectivity index (χ0n) is 18.3. The van der Waals surface area contributed by atoms with Crippen LogP contribution in [0.25, 0.3) is 0 Å². The van der Waals surface area contributed by atoms with Crippen molar-refractivity contribution in [1.82, 2.24) is 4.90 Å². The van der Waals surface area contributed by atoms with E-state index in [0.29, 0.717) is 25.2 Å². The zero-order chi connectivity index (χ0) is 23.5. The van der Waals surface area contributed by atoms with Crippen LogP contribution in [0.15, 0.2) is 35.5 Å². The normalized spacial score (nSPS) is 18.2. The number of oxime groups is 1. The molecule has 0 fully saturated rings. The van der Waals surface area contributed by atoms with Gasteiger partial charge in [-0.3, -0.25) is 4.79 Å². The molecular weight excluding hydrogens is 436 g/mol. The molecule has 0 aliphatic carbocycles. The number of carbonyl (C=O) groups is 2.